The Hall–Kier alpha value is -1.54. The normalized spacial score (nSPS) is 13.6. The highest BCUT2D eigenvalue weighted by Gasteiger charge is 2.20. The third-order valence-electron chi connectivity index (χ3n) is 3.02. The molecular weight excluding hydrogens is 356 g/mol. The fraction of sp³-hybridized carbons (Fsp3) is 0.308. The summed E-state index contributed by atoms with van der Waals surface area (Å²) in [5.41, 5.74) is 1.93. The molecule has 6 nitrogen and oxygen atoms in total. The molecular formula is C13H13BrN4O2S. The Balaban J connectivity index is 2.07. The molecule has 0 spiro atoms. The Labute approximate surface area is 134 Å². The van der Waals surface area contributed by atoms with Gasteiger partial charge in [0.2, 0.25) is 5.16 Å². The molecule has 0 bridgehead atoms. The summed E-state index contributed by atoms with van der Waals surface area (Å²) in [5, 5.41) is 14.5. The van der Waals surface area contributed by atoms with Crippen LogP contribution in [0.4, 0.5) is 0 Å². The van der Waals surface area contributed by atoms with Crippen LogP contribution in [0.3, 0.4) is 0 Å². The average molecular weight is 369 g/mol. The van der Waals surface area contributed by atoms with E-state index in [1.54, 1.807) is 30.7 Å². The number of fused-ring (bicyclic) bond motifs is 1. The van der Waals surface area contributed by atoms with Gasteiger partial charge in [0.1, 0.15) is 0 Å². The molecule has 8 heteroatoms. The van der Waals surface area contributed by atoms with E-state index in [-0.39, 0.29) is 0 Å². The van der Waals surface area contributed by atoms with Crippen molar-refractivity contribution in [3.05, 3.63) is 18.2 Å². The summed E-state index contributed by atoms with van der Waals surface area (Å²) >= 11 is 5.07. The van der Waals surface area contributed by atoms with Crippen molar-refractivity contribution in [2.45, 2.75) is 5.16 Å². The first-order valence-corrected chi connectivity index (χ1v) is 8.31. The van der Waals surface area contributed by atoms with Gasteiger partial charge in [0.25, 0.3) is 0 Å². The average Bonchev–Trinajstić information content (AvgIpc) is 2.97. The Bertz CT molecular complexity index is 701. The van der Waals surface area contributed by atoms with Crippen molar-refractivity contribution in [2.75, 3.05) is 25.3 Å². The lowest BCUT2D eigenvalue weighted by molar-refractivity contribution is 0.355. The summed E-state index contributed by atoms with van der Waals surface area (Å²) < 4.78 is 12.4. The second kappa shape index (κ2) is 6.07. The molecule has 0 N–H and O–H groups in total. The third-order valence-corrected chi connectivity index (χ3v) is 4.65. The minimum atomic E-state index is 0.653. The van der Waals surface area contributed by atoms with E-state index in [4.69, 9.17) is 9.47 Å². The highest BCUT2D eigenvalue weighted by molar-refractivity contribution is 9.09. The van der Waals surface area contributed by atoms with Crippen LogP contribution < -0.4 is 9.47 Å². The zero-order valence-electron chi connectivity index (χ0n) is 11.5. The molecule has 21 heavy (non-hydrogen) atoms. The van der Waals surface area contributed by atoms with Gasteiger partial charge in [-0.1, -0.05) is 27.7 Å². The van der Waals surface area contributed by atoms with E-state index in [2.05, 4.69) is 31.2 Å². The van der Waals surface area contributed by atoms with Crippen LogP contribution in [-0.2, 0) is 0 Å². The van der Waals surface area contributed by atoms with Crippen molar-refractivity contribution in [3.63, 3.8) is 0 Å². The number of aromatic nitrogens is 3. The van der Waals surface area contributed by atoms with Crippen molar-refractivity contribution in [1.82, 2.24) is 14.9 Å². The fourth-order valence-electron chi connectivity index (χ4n) is 1.98. The maximum atomic E-state index is 5.33. The number of hydrogen-bond acceptors (Lipinski definition) is 6. The van der Waals surface area contributed by atoms with E-state index in [0.29, 0.717) is 17.3 Å². The molecule has 0 unspecified atom stereocenters. The van der Waals surface area contributed by atoms with Gasteiger partial charge in [0, 0.05) is 16.6 Å². The lowest BCUT2D eigenvalue weighted by atomic mass is 10.2. The number of hydrogen-bond donors (Lipinski definition) is 0. The predicted octanol–water partition coefficient (Wildman–Crippen LogP) is 2.67. The van der Waals surface area contributed by atoms with Crippen LogP contribution in [0.1, 0.15) is 0 Å². The molecule has 1 aliphatic rings. The Morgan fingerprint density at radius 3 is 2.76 bits per heavy atom. The molecule has 2 heterocycles. The van der Waals surface area contributed by atoms with Crippen molar-refractivity contribution in [3.8, 4) is 22.9 Å². The van der Waals surface area contributed by atoms with Gasteiger partial charge >= 0.3 is 0 Å². The first-order valence-electron chi connectivity index (χ1n) is 6.20. The van der Waals surface area contributed by atoms with Crippen LogP contribution in [0.15, 0.2) is 28.5 Å². The van der Waals surface area contributed by atoms with Gasteiger partial charge in [-0.05, 0) is 18.2 Å². The Kier molecular flexibility index (Phi) is 4.16. The fourth-order valence-corrected chi connectivity index (χ4v) is 3.36. The van der Waals surface area contributed by atoms with Crippen LogP contribution in [-0.4, -0.2) is 45.9 Å². The molecule has 110 valence electrons. The number of alkyl halides is 1. The lowest BCUT2D eigenvalue weighted by Gasteiger charge is -2.13. The second-order valence-corrected chi connectivity index (χ2v) is 5.78. The number of rotatable bonds is 4. The Morgan fingerprint density at radius 1 is 1.24 bits per heavy atom. The topological polar surface area (TPSA) is 61.5 Å². The highest BCUT2D eigenvalue weighted by atomic mass is 79.9. The summed E-state index contributed by atoms with van der Waals surface area (Å²) in [6, 6.07) is 5.64. The SMILES string of the molecule is COc1ccc(-c2nnc3n2N=C(CBr)CS3)cc1OC. The van der Waals surface area contributed by atoms with E-state index >= 15 is 0 Å². The molecule has 1 aromatic heterocycles. The monoisotopic (exact) mass is 368 g/mol. The van der Waals surface area contributed by atoms with Gasteiger partial charge < -0.3 is 9.47 Å². The molecule has 1 aromatic carbocycles. The lowest BCUT2D eigenvalue weighted by Crippen LogP contribution is -2.13. The van der Waals surface area contributed by atoms with Crippen LogP contribution in [0.2, 0.25) is 0 Å². The summed E-state index contributed by atoms with van der Waals surface area (Å²) in [5.74, 6) is 2.85. The van der Waals surface area contributed by atoms with Crippen molar-refractivity contribution < 1.29 is 9.47 Å². The number of nitrogens with zero attached hydrogens (tertiary/aromatic N) is 4. The smallest absolute Gasteiger partial charge is 0.212 e. The van der Waals surface area contributed by atoms with E-state index < -0.39 is 0 Å². The van der Waals surface area contributed by atoms with Gasteiger partial charge in [0.05, 0.1) is 19.9 Å². The van der Waals surface area contributed by atoms with Gasteiger partial charge in [-0.3, -0.25) is 0 Å². The first kappa shape index (κ1) is 14.4. The molecule has 0 aliphatic carbocycles. The van der Waals surface area contributed by atoms with E-state index in [9.17, 15) is 0 Å². The molecule has 0 fully saturated rings. The molecule has 0 atom stereocenters. The standard InChI is InChI=1S/C13H13BrN4O2S/c1-19-10-4-3-8(5-11(10)20-2)12-15-16-13-18(12)17-9(6-14)7-21-13/h3-5H,6-7H2,1-2H3. The molecule has 0 amide bonds. The van der Waals surface area contributed by atoms with Crippen LogP contribution >= 0.6 is 27.7 Å². The minimum Gasteiger partial charge on any atom is -0.493 e. The molecule has 3 rings (SSSR count). The summed E-state index contributed by atoms with van der Waals surface area (Å²) in [6.07, 6.45) is 0. The van der Waals surface area contributed by atoms with Crippen LogP contribution in [0.5, 0.6) is 11.5 Å². The summed E-state index contributed by atoms with van der Waals surface area (Å²) in [6.45, 7) is 0. The van der Waals surface area contributed by atoms with E-state index in [0.717, 1.165) is 27.5 Å². The van der Waals surface area contributed by atoms with Gasteiger partial charge in [0.15, 0.2) is 17.3 Å². The molecule has 0 saturated heterocycles. The maximum Gasteiger partial charge on any atom is 0.212 e. The van der Waals surface area contributed by atoms with E-state index in [1.165, 1.54) is 0 Å². The maximum absolute atomic E-state index is 5.33. The molecule has 0 saturated carbocycles. The van der Waals surface area contributed by atoms with Crippen LogP contribution in [0.25, 0.3) is 11.4 Å². The minimum absolute atomic E-state index is 0.653. The van der Waals surface area contributed by atoms with Crippen molar-refractivity contribution in [2.24, 2.45) is 5.10 Å². The number of thioether (sulfide) groups is 1. The first-order chi connectivity index (χ1) is 10.3. The number of ether oxygens (including phenoxy) is 2. The second-order valence-electron chi connectivity index (χ2n) is 4.28. The summed E-state index contributed by atoms with van der Waals surface area (Å²) in [7, 11) is 3.22. The highest BCUT2D eigenvalue weighted by Crippen LogP contribution is 2.33. The number of halogens is 1. The summed E-state index contributed by atoms with van der Waals surface area (Å²) in [4.78, 5) is 0. The van der Waals surface area contributed by atoms with E-state index in [1.807, 2.05) is 18.2 Å². The third kappa shape index (κ3) is 2.65. The quantitative estimate of drug-likeness (QED) is 0.776. The van der Waals surface area contributed by atoms with Crippen molar-refractivity contribution >= 4 is 33.4 Å². The number of methoxy groups -OCH3 is 2. The zero-order chi connectivity index (χ0) is 14.8. The zero-order valence-corrected chi connectivity index (χ0v) is 13.9. The largest absolute Gasteiger partial charge is 0.493 e. The molecule has 0 radical (unpaired) electrons. The number of benzene rings is 1. The van der Waals surface area contributed by atoms with Gasteiger partial charge in [-0.2, -0.15) is 9.78 Å². The molecule has 1 aliphatic heterocycles. The Morgan fingerprint density at radius 2 is 2.05 bits per heavy atom. The predicted molar refractivity (Wildman–Crippen MR) is 85.9 cm³/mol. The van der Waals surface area contributed by atoms with Crippen LogP contribution in [0, 0.1) is 0 Å². The van der Waals surface area contributed by atoms with Crippen molar-refractivity contribution in [1.29, 1.82) is 0 Å². The van der Waals surface area contributed by atoms with Gasteiger partial charge in [-0.15, -0.1) is 10.2 Å². The molecule has 2 aromatic rings. The van der Waals surface area contributed by atoms with Gasteiger partial charge in [-0.25, -0.2) is 0 Å².